The van der Waals surface area contributed by atoms with E-state index in [4.69, 9.17) is 0 Å². The number of aromatic nitrogens is 2. The van der Waals surface area contributed by atoms with E-state index in [1.165, 1.54) is 6.07 Å². The van der Waals surface area contributed by atoms with Crippen molar-refractivity contribution in [2.75, 3.05) is 38.5 Å². The van der Waals surface area contributed by atoms with Crippen LogP contribution in [0, 0.1) is 0 Å². The van der Waals surface area contributed by atoms with Gasteiger partial charge in [-0.05, 0) is 26.8 Å². The van der Waals surface area contributed by atoms with Crippen LogP contribution in [0.1, 0.15) is 26.6 Å². The molecule has 1 aliphatic rings. The summed E-state index contributed by atoms with van der Waals surface area (Å²) in [6.45, 7) is 8.04. The number of fused-ring (bicyclic) bond motifs is 1. The van der Waals surface area contributed by atoms with Gasteiger partial charge >= 0.3 is 6.18 Å². The molecule has 0 saturated carbocycles. The van der Waals surface area contributed by atoms with E-state index in [9.17, 15) is 22.8 Å². The lowest BCUT2D eigenvalue weighted by atomic mass is 10.1. The molecule has 1 aliphatic heterocycles. The molecule has 7 nitrogen and oxygen atoms in total. The van der Waals surface area contributed by atoms with Gasteiger partial charge in [-0.2, -0.15) is 13.2 Å². The van der Waals surface area contributed by atoms with Gasteiger partial charge in [-0.3, -0.25) is 14.5 Å². The number of hydrogen-bond donors (Lipinski definition) is 1. The van der Waals surface area contributed by atoms with Gasteiger partial charge < -0.3 is 10.2 Å². The van der Waals surface area contributed by atoms with Gasteiger partial charge in [0.25, 0.3) is 0 Å². The molecule has 0 aliphatic carbocycles. The molecule has 1 saturated heterocycles. The third-order valence-electron chi connectivity index (χ3n) is 4.76. The van der Waals surface area contributed by atoms with Gasteiger partial charge in [0, 0.05) is 37.1 Å². The predicted molar refractivity (Wildman–Crippen MR) is 116 cm³/mol. The van der Waals surface area contributed by atoms with E-state index < -0.39 is 12.0 Å². The largest absolute Gasteiger partial charge is 0.451 e. The fourth-order valence-corrected chi connectivity index (χ4v) is 4.24. The van der Waals surface area contributed by atoms with Crippen LogP contribution in [0.4, 0.5) is 13.2 Å². The van der Waals surface area contributed by atoms with Gasteiger partial charge in [-0.25, -0.2) is 9.97 Å². The number of amides is 2. The van der Waals surface area contributed by atoms with Crippen LogP contribution in [-0.2, 0) is 15.8 Å². The number of para-hydroxylation sites is 1. The number of alkyl halides is 3. The lowest BCUT2D eigenvalue weighted by Crippen LogP contribution is -2.53. The van der Waals surface area contributed by atoms with Gasteiger partial charge in [0.2, 0.25) is 17.6 Å². The molecule has 32 heavy (non-hydrogen) atoms. The highest BCUT2D eigenvalue weighted by molar-refractivity contribution is 8.00. The maximum absolute atomic E-state index is 13.2. The number of thioether (sulfide) groups is 1. The van der Waals surface area contributed by atoms with Crippen molar-refractivity contribution in [1.29, 1.82) is 0 Å². The van der Waals surface area contributed by atoms with Crippen LogP contribution in [0.15, 0.2) is 29.3 Å². The lowest BCUT2D eigenvalue weighted by molar-refractivity contribution is -0.145. The highest BCUT2D eigenvalue weighted by atomic mass is 32.2. The van der Waals surface area contributed by atoms with Crippen LogP contribution in [0.5, 0.6) is 0 Å². The second kappa shape index (κ2) is 9.62. The van der Waals surface area contributed by atoms with Crippen molar-refractivity contribution in [3.8, 4) is 0 Å². The van der Waals surface area contributed by atoms with Crippen LogP contribution in [0.3, 0.4) is 0 Å². The second-order valence-electron chi connectivity index (χ2n) is 8.61. The van der Waals surface area contributed by atoms with Crippen molar-refractivity contribution in [1.82, 2.24) is 25.1 Å². The smallest absolute Gasteiger partial charge is 0.350 e. The molecule has 1 fully saturated rings. The van der Waals surface area contributed by atoms with Crippen LogP contribution in [0.2, 0.25) is 0 Å². The molecule has 1 N–H and O–H groups in total. The first-order chi connectivity index (χ1) is 14.9. The monoisotopic (exact) mass is 469 g/mol. The predicted octanol–water partition coefficient (Wildman–Crippen LogP) is 2.80. The fraction of sp³-hybridized carbons (Fsp3) is 0.524. The molecular formula is C21H26F3N5O2S. The van der Waals surface area contributed by atoms with Crippen molar-refractivity contribution in [2.24, 2.45) is 0 Å². The van der Waals surface area contributed by atoms with Crippen molar-refractivity contribution in [2.45, 2.75) is 37.5 Å². The molecule has 0 unspecified atom stereocenters. The highest BCUT2D eigenvalue weighted by Gasteiger charge is 2.35. The van der Waals surface area contributed by atoms with E-state index in [0.717, 1.165) is 11.8 Å². The molecule has 0 atom stereocenters. The summed E-state index contributed by atoms with van der Waals surface area (Å²) < 4.78 is 39.5. The maximum atomic E-state index is 13.2. The number of halogens is 3. The van der Waals surface area contributed by atoms with Gasteiger partial charge in [0.05, 0.1) is 17.8 Å². The second-order valence-corrected chi connectivity index (χ2v) is 9.58. The number of carbonyl (C=O) groups is 2. The summed E-state index contributed by atoms with van der Waals surface area (Å²) in [7, 11) is 0. The van der Waals surface area contributed by atoms with Gasteiger partial charge in [0.1, 0.15) is 5.03 Å². The zero-order valence-electron chi connectivity index (χ0n) is 18.2. The summed E-state index contributed by atoms with van der Waals surface area (Å²) in [5.41, 5.74) is -0.115. The molecule has 0 radical (unpaired) electrons. The number of rotatable bonds is 5. The first kappa shape index (κ1) is 24.2. The van der Waals surface area contributed by atoms with E-state index in [-0.39, 0.29) is 40.2 Å². The molecule has 1 aromatic carbocycles. The first-order valence-electron chi connectivity index (χ1n) is 10.2. The Morgan fingerprint density at radius 1 is 1.06 bits per heavy atom. The van der Waals surface area contributed by atoms with Gasteiger partial charge in [-0.15, -0.1) is 0 Å². The van der Waals surface area contributed by atoms with Crippen LogP contribution < -0.4 is 5.32 Å². The van der Waals surface area contributed by atoms with E-state index in [0.29, 0.717) is 31.6 Å². The standard InChI is InChI=1S/C21H26F3N5O2S/c1-20(2,3)27-16(30)12-28-8-10-29(11-9-28)17(31)13-32-18-14-6-4-5-7-15(14)25-19(26-18)21(22,23)24/h4-7H,8-13H2,1-3H3,(H,27,30). The minimum absolute atomic E-state index is 0.0250. The molecule has 174 valence electrons. The quantitative estimate of drug-likeness (QED) is 0.536. The minimum atomic E-state index is -4.67. The van der Waals surface area contributed by atoms with E-state index >= 15 is 0 Å². The molecular weight excluding hydrogens is 443 g/mol. The Bertz CT molecular complexity index is 986. The minimum Gasteiger partial charge on any atom is -0.350 e. The average molecular weight is 470 g/mol. The average Bonchev–Trinajstić information content (AvgIpc) is 2.70. The number of nitrogens with one attached hydrogen (secondary N) is 1. The summed E-state index contributed by atoms with van der Waals surface area (Å²) in [5.74, 6) is -1.48. The maximum Gasteiger partial charge on any atom is 0.451 e. The summed E-state index contributed by atoms with van der Waals surface area (Å²) in [4.78, 5) is 35.6. The van der Waals surface area contributed by atoms with Crippen molar-refractivity contribution >= 4 is 34.5 Å². The molecule has 3 rings (SSSR count). The number of benzene rings is 1. The van der Waals surface area contributed by atoms with Gasteiger partial charge in [0.15, 0.2) is 0 Å². The Hall–Kier alpha value is -2.40. The van der Waals surface area contributed by atoms with Crippen molar-refractivity contribution in [3.05, 3.63) is 30.1 Å². The Morgan fingerprint density at radius 3 is 2.34 bits per heavy atom. The van der Waals surface area contributed by atoms with E-state index in [1.807, 2.05) is 25.7 Å². The van der Waals surface area contributed by atoms with E-state index in [1.54, 1.807) is 23.1 Å². The Labute approximate surface area is 188 Å². The fourth-order valence-electron chi connectivity index (χ4n) is 3.32. The Balaban J connectivity index is 1.58. The molecule has 0 bridgehead atoms. The van der Waals surface area contributed by atoms with Crippen molar-refractivity contribution < 1.29 is 22.8 Å². The normalized spacial score (nSPS) is 15.8. The number of piperazine rings is 1. The third kappa shape index (κ3) is 6.55. The summed E-state index contributed by atoms with van der Waals surface area (Å²) in [6, 6.07) is 6.44. The molecule has 1 aromatic heterocycles. The molecule has 11 heteroatoms. The first-order valence-corrected chi connectivity index (χ1v) is 11.2. The zero-order valence-corrected chi connectivity index (χ0v) is 19.0. The van der Waals surface area contributed by atoms with Crippen molar-refractivity contribution in [3.63, 3.8) is 0 Å². The molecule has 2 amide bonds. The van der Waals surface area contributed by atoms with Gasteiger partial charge in [-0.1, -0.05) is 30.0 Å². The van der Waals surface area contributed by atoms with E-state index in [2.05, 4.69) is 15.3 Å². The summed E-state index contributed by atoms with van der Waals surface area (Å²) in [6.07, 6.45) is -4.67. The summed E-state index contributed by atoms with van der Waals surface area (Å²) in [5, 5.41) is 3.52. The topological polar surface area (TPSA) is 78.4 Å². The lowest BCUT2D eigenvalue weighted by Gasteiger charge is -2.34. The number of carbonyl (C=O) groups excluding carboxylic acids is 2. The molecule has 2 aromatic rings. The summed E-state index contributed by atoms with van der Waals surface area (Å²) >= 11 is 0.980. The molecule has 2 heterocycles. The highest BCUT2D eigenvalue weighted by Crippen LogP contribution is 2.32. The van der Waals surface area contributed by atoms with Crippen LogP contribution in [0.25, 0.3) is 10.9 Å². The Kier molecular flexibility index (Phi) is 7.29. The SMILES string of the molecule is CC(C)(C)NC(=O)CN1CCN(C(=O)CSc2nc(C(F)(F)F)nc3ccccc23)CC1. The van der Waals surface area contributed by atoms with Crippen LogP contribution in [-0.4, -0.2) is 75.6 Å². The zero-order chi connectivity index (χ0) is 23.5. The molecule has 0 spiro atoms. The number of nitrogens with zero attached hydrogens (tertiary/aromatic N) is 4. The Morgan fingerprint density at radius 2 is 1.72 bits per heavy atom. The third-order valence-corrected chi connectivity index (χ3v) is 5.74. The van der Waals surface area contributed by atoms with Crippen LogP contribution >= 0.6 is 11.8 Å². The number of hydrogen-bond acceptors (Lipinski definition) is 6.